The second-order valence-corrected chi connectivity index (χ2v) is 7.50. The van der Waals surface area contributed by atoms with Gasteiger partial charge in [-0.1, -0.05) is 41.9 Å². The molecule has 0 fully saturated rings. The van der Waals surface area contributed by atoms with Crippen LogP contribution in [0.15, 0.2) is 47.4 Å². The van der Waals surface area contributed by atoms with Gasteiger partial charge in [0.25, 0.3) is 0 Å². The molecule has 2 aromatic rings. The van der Waals surface area contributed by atoms with Gasteiger partial charge in [-0.05, 0) is 36.2 Å². The molecule has 0 saturated carbocycles. The van der Waals surface area contributed by atoms with Gasteiger partial charge in [-0.25, -0.2) is 17.5 Å². The van der Waals surface area contributed by atoms with Gasteiger partial charge in [-0.2, -0.15) is 0 Å². The molecule has 130 valence electrons. The van der Waals surface area contributed by atoms with Gasteiger partial charge in [0.1, 0.15) is 4.90 Å². The zero-order valence-corrected chi connectivity index (χ0v) is 15.0. The molecule has 2 N–H and O–H groups in total. The first-order valence-corrected chi connectivity index (χ1v) is 9.10. The monoisotopic (exact) mass is 390 g/mol. The van der Waals surface area contributed by atoms with E-state index in [1.54, 1.807) is 0 Å². The fourth-order valence-electron chi connectivity index (χ4n) is 2.74. The summed E-state index contributed by atoms with van der Waals surface area (Å²) in [5, 5.41) is 3.06. The zero-order valence-electron chi connectivity index (χ0n) is 12.6. The molecule has 24 heavy (non-hydrogen) atoms. The summed E-state index contributed by atoms with van der Waals surface area (Å²) in [6.45, 7) is 0.917. The molecule has 1 aliphatic heterocycles. The topological polar surface area (TPSA) is 58.2 Å². The minimum atomic E-state index is -3.96. The van der Waals surface area contributed by atoms with Crippen molar-refractivity contribution in [2.45, 2.75) is 17.4 Å². The lowest BCUT2D eigenvalue weighted by atomic mass is 9.95. The SMILES string of the molecule is Cl.O=S(=O)(NCC1NCCc2ccccc21)c1cccc(Cl)c1F. The van der Waals surface area contributed by atoms with Crippen LogP contribution in [0.5, 0.6) is 0 Å². The van der Waals surface area contributed by atoms with Crippen molar-refractivity contribution >= 4 is 34.0 Å². The highest BCUT2D eigenvalue weighted by atomic mass is 35.5. The van der Waals surface area contributed by atoms with Crippen LogP contribution in [-0.4, -0.2) is 21.5 Å². The van der Waals surface area contributed by atoms with Gasteiger partial charge in [0.2, 0.25) is 10.0 Å². The molecule has 1 unspecified atom stereocenters. The van der Waals surface area contributed by atoms with Crippen molar-refractivity contribution in [3.8, 4) is 0 Å². The van der Waals surface area contributed by atoms with Crippen LogP contribution in [0.4, 0.5) is 4.39 Å². The highest BCUT2D eigenvalue weighted by Crippen LogP contribution is 2.24. The lowest BCUT2D eigenvalue weighted by Crippen LogP contribution is -2.39. The smallest absolute Gasteiger partial charge is 0.243 e. The Morgan fingerprint density at radius 1 is 1.21 bits per heavy atom. The Labute approximate surface area is 151 Å². The highest BCUT2D eigenvalue weighted by Gasteiger charge is 2.24. The third-order valence-corrected chi connectivity index (χ3v) is 5.63. The number of halogens is 3. The molecule has 4 nitrogen and oxygen atoms in total. The Balaban J connectivity index is 0.00000208. The van der Waals surface area contributed by atoms with Crippen molar-refractivity contribution < 1.29 is 12.8 Å². The van der Waals surface area contributed by atoms with Crippen LogP contribution < -0.4 is 10.0 Å². The van der Waals surface area contributed by atoms with Crippen molar-refractivity contribution in [2.75, 3.05) is 13.1 Å². The molecular weight excluding hydrogens is 374 g/mol. The molecule has 8 heteroatoms. The number of nitrogens with one attached hydrogen (secondary N) is 2. The van der Waals surface area contributed by atoms with E-state index in [9.17, 15) is 12.8 Å². The number of benzene rings is 2. The number of rotatable bonds is 4. The van der Waals surface area contributed by atoms with Gasteiger partial charge in [-0.3, -0.25) is 0 Å². The minimum absolute atomic E-state index is 0. The highest BCUT2D eigenvalue weighted by molar-refractivity contribution is 7.89. The molecule has 1 heterocycles. The number of hydrogen-bond donors (Lipinski definition) is 2. The summed E-state index contributed by atoms with van der Waals surface area (Å²) in [6, 6.07) is 11.7. The second-order valence-electron chi connectivity index (χ2n) is 5.36. The zero-order chi connectivity index (χ0) is 16.4. The van der Waals surface area contributed by atoms with Crippen molar-refractivity contribution in [3.05, 3.63) is 64.4 Å². The van der Waals surface area contributed by atoms with Crippen LogP contribution >= 0.6 is 24.0 Å². The lowest BCUT2D eigenvalue weighted by molar-refractivity contribution is 0.489. The number of hydrogen-bond acceptors (Lipinski definition) is 3. The molecule has 0 aromatic heterocycles. The molecule has 0 bridgehead atoms. The van der Waals surface area contributed by atoms with E-state index in [-0.39, 0.29) is 30.0 Å². The summed E-state index contributed by atoms with van der Waals surface area (Å²) in [5.74, 6) is -0.932. The number of sulfonamides is 1. The lowest BCUT2D eigenvalue weighted by Gasteiger charge is -2.27. The normalized spacial score (nSPS) is 17.0. The third kappa shape index (κ3) is 3.90. The maximum atomic E-state index is 13.9. The summed E-state index contributed by atoms with van der Waals surface area (Å²) < 4.78 is 41.0. The Morgan fingerprint density at radius 3 is 2.75 bits per heavy atom. The average Bonchev–Trinajstić information content (AvgIpc) is 2.55. The summed E-state index contributed by atoms with van der Waals surface area (Å²) in [7, 11) is -3.96. The van der Waals surface area contributed by atoms with E-state index in [2.05, 4.69) is 10.0 Å². The van der Waals surface area contributed by atoms with Crippen molar-refractivity contribution in [3.63, 3.8) is 0 Å². The predicted molar refractivity (Wildman–Crippen MR) is 94.7 cm³/mol. The van der Waals surface area contributed by atoms with Crippen LogP contribution in [0.25, 0.3) is 0 Å². The molecule has 0 radical (unpaired) electrons. The molecule has 1 atom stereocenters. The first-order valence-electron chi connectivity index (χ1n) is 7.24. The molecule has 0 saturated heterocycles. The van der Waals surface area contributed by atoms with E-state index in [1.807, 2.05) is 24.3 Å². The quantitative estimate of drug-likeness (QED) is 0.843. The van der Waals surface area contributed by atoms with Crippen molar-refractivity contribution in [1.29, 1.82) is 0 Å². The van der Waals surface area contributed by atoms with Gasteiger partial charge in [0, 0.05) is 12.6 Å². The predicted octanol–water partition coefficient (Wildman–Crippen LogP) is 3.07. The molecule has 1 aliphatic rings. The van der Waals surface area contributed by atoms with Crippen LogP contribution in [0, 0.1) is 5.82 Å². The maximum absolute atomic E-state index is 13.9. The van der Waals surface area contributed by atoms with E-state index in [0.717, 1.165) is 18.5 Å². The standard InChI is InChI=1S/C16H16ClFN2O2S.ClH/c17-13-6-3-7-15(16(13)18)23(21,22)20-10-14-12-5-2-1-4-11(12)8-9-19-14;/h1-7,14,19-20H,8-10H2;1H. The van der Waals surface area contributed by atoms with Crippen LogP contribution in [0.1, 0.15) is 17.2 Å². The first-order chi connectivity index (χ1) is 11.0. The first kappa shape index (κ1) is 19.1. The van der Waals surface area contributed by atoms with E-state index in [1.165, 1.54) is 23.8 Å². The molecule has 0 amide bonds. The van der Waals surface area contributed by atoms with Gasteiger partial charge < -0.3 is 5.32 Å². The van der Waals surface area contributed by atoms with Crippen LogP contribution in [0.2, 0.25) is 5.02 Å². The summed E-state index contributed by atoms with van der Waals surface area (Å²) >= 11 is 5.66. The average molecular weight is 391 g/mol. The van der Waals surface area contributed by atoms with E-state index < -0.39 is 20.7 Å². The Bertz CT molecular complexity index is 831. The van der Waals surface area contributed by atoms with E-state index in [4.69, 9.17) is 11.6 Å². The molecule has 3 rings (SSSR count). The van der Waals surface area contributed by atoms with Crippen molar-refractivity contribution in [1.82, 2.24) is 10.0 Å². The fourth-order valence-corrected chi connectivity index (χ4v) is 4.11. The summed E-state index contributed by atoms with van der Waals surface area (Å²) in [4.78, 5) is -0.436. The van der Waals surface area contributed by atoms with Gasteiger partial charge in [-0.15, -0.1) is 12.4 Å². The second kappa shape index (κ2) is 7.80. The molecule has 2 aromatic carbocycles. The summed E-state index contributed by atoms with van der Waals surface area (Å²) in [5.41, 5.74) is 2.26. The van der Waals surface area contributed by atoms with Crippen LogP contribution in [-0.2, 0) is 16.4 Å². The maximum Gasteiger partial charge on any atom is 0.243 e. The summed E-state index contributed by atoms with van der Waals surface area (Å²) in [6.07, 6.45) is 0.905. The molecular formula is C16H17Cl2FN2O2S. The van der Waals surface area contributed by atoms with Gasteiger partial charge in [0.05, 0.1) is 5.02 Å². The van der Waals surface area contributed by atoms with Crippen molar-refractivity contribution in [2.24, 2.45) is 0 Å². The Morgan fingerprint density at radius 2 is 1.96 bits per heavy atom. The molecule has 0 spiro atoms. The third-order valence-electron chi connectivity index (χ3n) is 3.90. The Hall–Kier alpha value is -1.18. The minimum Gasteiger partial charge on any atom is -0.308 e. The van der Waals surface area contributed by atoms with Gasteiger partial charge >= 0.3 is 0 Å². The molecule has 0 aliphatic carbocycles. The van der Waals surface area contributed by atoms with Gasteiger partial charge in [0.15, 0.2) is 5.82 Å². The fraction of sp³-hybridized carbons (Fsp3) is 0.250. The van der Waals surface area contributed by atoms with E-state index in [0.29, 0.717) is 0 Å². The number of fused-ring (bicyclic) bond motifs is 1. The Kier molecular flexibility index (Phi) is 6.22. The largest absolute Gasteiger partial charge is 0.308 e. The van der Waals surface area contributed by atoms with Crippen LogP contribution in [0.3, 0.4) is 0 Å². The van der Waals surface area contributed by atoms with E-state index >= 15 is 0 Å².